The molecule has 1 aliphatic heterocycles. The molecule has 1 amide bonds. The van der Waals surface area contributed by atoms with Gasteiger partial charge in [-0.15, -0.1) is 0 Å². The number of nitrogens with zero attached hydrogens (tertiary/aromatic N) is 1. The lowest BCUT2D eigenvalue weighted by Crippen LogP contribution is -2.52. The Morgan fingerprint density at radius 2 is 1.97 bits per heavy atom. The van der Waals surface area contributed by atoms with Gasteiger partial charge in [0.25, 0.3) is 5.91 Å². The van der Waals surface area contributed by atoms with E-state index in [2.05, 4.69) is 42.5 Å². The number of hydrogen-bond donors (Lipinski definition) is 3. The molecule has 2 aromatic rings. The number of hydrogen-bond acceptors (Lipinski definition) is 5. The van der Waals surface area contributed by atoms with Crippen molar-refractivity contribution in [1.29, 1.82) is 0 Å². The zero-order chi connectivity index (χ0) is 25.9. The van der Waals surface area contributed by atoms with Gasteiger partial charge in [0.2, 0.25) is 5.88 Å². The highest BCUT2D eigenvalue weighted by Gasteiger charge is 2.46. The van der Waals surface area contributed by atoms with Crippen LogP contribution in [-0.4, -0.2) is 47.0 Å². The van der Waals surface area contributed by atoms with E-state index in [0.717, 1.165) is 48.8 Å². The summed E-state index contributed by atoms with van der Waals surface area (Å²) in [5.41, 5.74) is 2.72. The highest BCUT2D eigenvalue weighted by atomic mass is 19.1. The Balaban J connectivity index is 1.50. The largest absolute Gasteiger partial charge is 0.471 e. The average molecular weight is 502 g/mol. The molecule has 2 aliphatic rings. The van der Waals surface area contributed by atoms with Gasteiger partial charge in [0.1, 0.15) is 11.4 Å². The van der Waals surface area contributed by atoms with Crippen LogP contribution in [0.15, 0.2) is 36.5 Å². The van der Waals surface area contributed by atoms with Gasteiger partial charge in [0.05, 0.1) is 12.1 Å². The molecule has 1 aromatic carbocycles. The lowest BCUT2D eigenvalue weighted by atomic mass is 9.73. The SMILES string of the molecule is CC(C)(C)Cc1cnc2c(c1)[C@@H](NC[C@H](O)[C@H](Cc1ccc(F)cc1)NC(=O)CF)CC1(CCC1)O2. The number of ether oxygens (including phenoxy) is 1. The molecule has 196 valence electrons. The summed E-state index contributed by atoms with van der Waals surface area (Å²) in [4.78, 5) is 16.5. The summed E-state index contributed by atoms with van der Waals surface area (Å²) in [6.07, 6.45) is 5.85. The minimum Gasteiger partial charge on any atom is -0.471 e. The number of amides is 1. The average Bonchev–Trinajstić information content (AvgIpc) is 2.81. The lowest BCUT2D eigenvalue weighted by molar-refractivity contribution is -0.123. The first kappa shape index (κ1) is 26.5. The third-order valence-electron chi connectivity index (χ3n) is 7.07. The van der Waals surface area contributed by atoms with Crippen molar-refractivity contribution in [1.82, 2.24) is 15.6 Å². The molecule has 36 heavy (non-hydrogen) atoms. The van der Waals surface area contributed by atoms with Crippen molar-refractivity contribution in [2.75, 3.05) is 13.2 Å². The maximum absolute atomic E-state index is 13.3. The highest BCUT2D eigenvalue weighted by molar-refractivity contribution is 5.77. The first-order valence-electron chi connectivity index (χ1n) is 12.7. The predicted octanol–water partition coefficient (Wildman–Crippen LogP) is 4.20. The van der Waals surface area contributed by atoms with Crippen LogP contribution in [-0.2, 0) is 17.6 Å². The van der Waals surface area contributed by atoms with E-state index in [1.165, 1.54) is 12.1 Å². The number of aliphatic hydroxyl groups is 1. The minimum absolute atomic E-state index is 0.0699. The van der Waals surface area contributed by atoms with E-state index in [-0.39, 0.29) is 35.8 Å². The molecule has 0 unspecified atom stereocenters. The first-order valence-corrected chi connectivity index (χ1v) is 12.7. The van der Waals surface area contributed by atoms with Crippen molar-refractivity contribution in [3.63, 3.8) is 0 Å². The number of halogens is 2. The maximum atomic E-state index is 13.3. The summed E-state index contributed by atoms with van der Waals surface area (Å²) >= 11 is 0. The van der Waals surface area contributed by atoms with Crippen LogP contribution in [0.4, 0.5) is 8.78 Å². The van der Waals surface area contributed by atoms with Crippen LogP contribution < -0.4 is 15.4 Å². The highest BCUT2D eigenvalue weighted by Crippen LogP contribution is 2.48. The van der Waals surface area contributed by atoms with Crippen LogP contribution in [0.2, 0.25) is 0 Å². The van der Waals surface area contributed by atoms with Gasteiger partial charge in [-0.25, -0.2) is 13.8 Å². The number of rotatable bonds is 9. The standard InChI is InChI=1S/C28H37F2N3O3/c1-27(2,3)13-19-11-21-23(14-28(9-4-10-28)36-26(21)32-16-19)31-17-24(34)22(33-25(35)15-29)12-18-5-7-20(30)8-6-18/h5-8,11,16,22-24,31,34H,4,9-10,12-15,17H2,1-3H3,(H,33,35)/t22-,23-,24-/m0/s1. The number of aromatic nitrogens is 1. The third kappa shape index (κ3) is 6.59. The molecule has 4 rings (SSSR count). The fourth-order valence-electron chi connectivity index (χ4n) is 5.16. The smallest absolute Gasteiger partial charge is 0.251 e. The number of carbonyl (C=O) groups is 1. The fourth-order valence-corrected chi connectivity index (χ4v) is 5.16. The number of carbonyl (C=O) groups excluding carboxylic acids is 1. The Bertz CT molecular complexity index is 1050. The lowest BCUT2D eigenvalue weighted by Gasteiger charge is -2.47. The number of nitrogens with one attached hydrogen (secondary N) is 2. The van der Waals surface area contributed by atoms with Crippen molar-refractivity contribution >= 4 is 5.91 Å². The molecule has 3 atom stereocenters. The zero-order valence-corrected chi connectivity index (χ0v) is 21.3. The van der Waals surface area contributed by atoms with Crippen molar-refractivity contribution in [3.05, 3.63) is 59.0 Å². The predicted molar refractivity (Wildman–Crippen MR) is 134 cm³/mol. The second-order valence-electron chi connectivity index (χ2n) is 11.5. The number of fused-ring (bicyclic) bond motifs is 1. The number of pyridine rings is 1. The summed E-state index contributed by atoms with van der Waals surface area (Å²) in [5.74, 6) is -0.519. The van der Waals surface area contributed by atoms with Crippen LogP contribution >= 0.6 is 0 Å². The van der Waals surface area contributed by atoms with Gasteiger partial charge >= 0.3 is 0 Å². The van der Waals surface area contributed by atoms with Crippen LogP contribution in [0, 0.1) is 11.2 Å². The number of aliphatic hydroxyl groups excluding tert-OH is 1. The first-order chi connectivity index (χ1) is 17.1. The second-order valence-corrected chi connectivity index (χ2v) is 11.5. The van der Waals surface area contributed by atoms with Crippen molar-refractivity contribution in [2.24, 2.45) is 5.41 Å². The molecular formula is C28H37F2N3O3. The van der Waals surface area contributed by atoms with Gasteiger partial charge in [0.15, 0.2) is 6.67 Å². The summed E-state index contributed by atoms with van der Waals surface area (Å²) in [6.45, 7) is 5.57. The summed E-state index contributed by atoms with van der Waals surface area (Å²) in [6, 6.07) is 7.20. The van der Waals surface area contributed by atoms with Crippen LogP contribution in [0.3, 0.4) is 0 Å². The molecule has 0 radical (unpaired) electrons. The summed E-state index contributed by atoms with van der Waals surface area (Å²) in [7, 11) is 0. The Labute approximate surface area is 211 Å². The second kappa shape index (κ2) is 10.8. The molecule has 1 aromatic heterocycles. The molecule has 0 saturated heterocycles. The summed E-state index contributed by atoms with van der Waals surface area (Å²) < 4.78 is 32.6. The van der Waals surface area contributed by atoms with Crippen LogP contribution in [0.25, 0.3) is 0 Å². The van der Waals surface area contributed by atoms with E-state index in [9.17, 15) is 18.7 Å². The van der Waals surface area contributed by atoms with Gasteiger partial charge in [-0.2, -0.15) is 0 Å². The van der Waals surface area contributed by atoms with Crippen LogP contribution in [0.1, 0.15) is 69.2 Å². The molecular weight excluding hydrogens is 464 g/mol. The monoisotopic (exact) mass is 501 g/mol. The van der Waals surface area contributed by atoms with Crippen LogP contribution in [0.5, 0.6) is 5.88 Å². The molecule has 1 fully saturated rings. The van der Waals surface area contributed by atoms with E-state index in [0.29, 0.717) is 5.88 Å². The van der Waals surface area contributed by atoms with E-state index in [1.54, 1.807) is 12.1 Å². The molecule has 0 bridgehead atoms. The molecule has 1 saturated carbocycles. The van der Waals surface area contributed by atoms with E-state index >= 15 is 0 Å². The van der Waals surface area contributed by atoms with Gasteiger partial charge < -0.3 is 20.5 Å². The van der Waals surface area contributed by atoms with Gasteiger partial charge in [0, 0.05) is 30.8 Å². The maximum Gasteiger partial charge on any atom is 0.251 e. The Hall–Kier alpha value is -2.58. The Kier molecular flexibility index (Phi) is 7.95. The number of benzene rings is 1. The number of alkyl halides is 1. The topological polar surface area (TPSA) is 83.5 Å². The Morgan fingerprint density at radius 3 is 2.58 bits per heavy atom. The molecule has 3 N–H and O–H groups in total. The van der Waals surface area contributed by atoms with E-state index in [1.807, 2.05) is 6.20 Å². The zero-order valence-electron chi connectivity index (χ0n) is 21.3. The third-order valence-corrected chi connectivity index (χ3v) is 7.07. The minimum atomic E-state index is -1.17. The normalized spacial score (nSPS) is 20.1. The van der Waals surface area contributed by atoms with E-state index < -0.39 is 24.7 Å². The van der Waals surface area contributed by atoms with Gasteiger partial charge in [-0.3, -0.25) is 4.79 Å². The molecule has 6 nitrogen and oxygen atoms in total. The molecule has 1 aliphatic carbocycles. The Morgan fingerprint density at radius 1 is 1.25 bits per heavy atom. The molecule has 1 spiro atoms. The molecule has 2 heterocycles. The quantitative estimate of drug-likeness (QED) is 0.480. The summed E-state index contributed by atoms with van der Waals surface area (Å²) in [5, 5.41) is 17.1. The fraction of sp³-hybridized carbons (Fsp3) is 0.571. The molecule has 8 heteroatoms. The van der Waals surface area contributed by atoms with Crippen molar-refractivity contribution in [2.45, 2.75) is 83.1 Å². The van der Waals surface area contributed by atoms with E-state index in [4.69, 9.17) is 4.74 Å². The van der Waals surface area contributed by atoms with Crippen molar-refractivity contribution < 1.29 is 23.4 Å². The van der Waals surface area contributed by atoms with Crippen molar-refractivity contribution in [3.8, 4) is 5.88 Å². The van der Waals surface area contributed by atoms with Gasteiger partial charge in [-0.05, 0) is 66.8 Å². The van der Waals surface area contributed by atoms with Gasteiger partial charge in [-0.1, -0.05) is 32.9 Å².